The third-order valence-corrected chi connectivity index (χ3v) is 3.23. The van der Waals surface area contributed by atoms with E-state index in [2.05, 4.69) is 5.32 Å². The van der Waals surface area contributed by atoms with E-state index < -0.39 is 0 Å². The molecule has 1 rings (SSSR count). The van der Waals surface area contributed by atoms with Crippen LogP contribution in [0.3, 0.4) is 0 Å². The van der Waals surface area contributed by atoms with Crippen LogP contribution in [0.5, 0.6) is 0 Å². The number of amides is 1. The van der Waals surface area contributed by atoms with Crippen molar-refractivity contribution in [3.63, 3.8) is 0 Å². The van der Waals surface area contributed by atoms with Gasteiger partial charge in [-0.2, -0.15) is 0 Å². The minimum Gasteiger partial charge on any atom is -0.341 e. The van der Waals surface area contributed by atoms with Crippen molar-refractivity contribution in [3.8, 4) is 0 Å². The molecule has 1 aromatic rings. The van der Waals surface area contributed by atoms with Crippen LogP contribution >= 0.6 is 11.6 Å². The molecule has 1 amide bonds. The van der Waals surface area contributed by atoms with E-state index in [1.165, 1.54) is 0 Å². The molecule has 0 fully saturated rings. The lowest BCUT2D eigenvalue weighted by Gasteiger charge is -2.22. The average molecular weight is 269 g/mol. The SMILES string of the molecule is CCNCC(C)C(=O)N(C)Cc1ccccc1Cl. The van der Waals surface area contributed by atoms with Crippen molar-refractivity contribution in [2.24, 2.45) is 5.92 Å². The third-order valence-electron chi connectivity index (χ3n) is 2.86. The highest BCUT2D eigenvalue weighted by atomic mass is 35.5. The van der Waals surface area contributed by atoms with Gasteiger partial charge >= 0.3 is 0 Å². The van der Waals surface area contributed by atoms with Crippen LogP contribution in [-0.4, -0.2) is 30.9 Å². The highest BCUT2D eigenvalue weighted by Crippen LogP contribution is 2.17. The van der Waals surface area contributed by atoms with Crippen molar-refractivity contribution in [1.82, 2.24) is 10.2 Å². The van der Waals surface area contributed by atoms with Gasteiger partial charge in [0, 0.05) is 31.1 Å². The normalized spacial score (nSPS) is 12.2. The summed E-state index contributed by atoms with van der Waals surface area (Å²) in [5.41, 5.74) is 0.977. The van der Waals surface area contributed by atoms with E-state index in [9.17, 15) is 4.79 Å². The molecule has 0 radical (unpaired) electrons. The number of hydrogen-bond donors (Lipinski definition) is 1. The van der Waals surface area contributed by atoms with Gasteiger partial charge in [-0.15, -0.1) is 0 Å². The lowest BCUT2D eigenvalue weighted by molar-refractivity contribution is -0.134. The summed E-state index contributed by atoms with van der Waals surface area (Å²) in [6.45, 7) is 6.11. The van der Waals surface area contributed by atoms with Gasteiger partial charge in [0.25, 0.3) is 0 Å². The van der Waals surface area contributed by atoms with Crippen LogP contribution in [0.25, 0.3) is 0 Å². The molecule has 0 saturated carbocycles. The Bertz CT molecular complexity index is 395. The molecular weight excluding hydrogens is 248 g/mol. The fraction of sp³-hybridized carbons (Fsp3) is 0.500. The van der Waals surface area contributed by atoms with Crippen LogP contribution in [0.2, 0.25) is 5.02 Å². The van der Waals surface area contributed by atoms with Crippen molar-refractivity contribution in [2.75, 3.05) is 20.1 Å². The Morgan fingerprint density at radius 1 is 1.44 bits per heavy atom. The molecular formula is C14H21ClN2O. The third kappa shape index (κ3) is 4.31. The average Bonchev–Trinajstić information content (AvgIpc) is 2.37. The van der Waals surface area contributed by atoms with Crippen LogP contribution < -0.4 is 5.32 Å². The monoisotopic (exact) mass is 268 g/mol. The fourth-order valence-corrected chi connectivity index (χ4v) is 1.98. The van der Waals surface area contributed by atoms with Gasteiger partial charge in [0.05, 0.1) is 0 Å². The lowest BCUT2D eigenvalue weighted by atomic mass is 10.1. The first-order chi connectivity index (χ1) is 8.56. The van der Waals surface area contributed by atoms with Gasteiger partial charge in [0.15, 0.2) is 0 Å². The molecule has 18 heavy (non-hydrogen) atoms. The number of carbonyl (C=O) groups is 1. The van der Waals surface area contributed by atoms with E-state index in [0.717, 1.165) is 12.1 Å². The molecule has 1 atom stereocenters. The fourth-order valence-electron chi connectivity index (χ4n) is 1.78. The van der Waals surface area contributed by atoms with E-state index in [1.54, 1.807) is 4.90 Å². The number of benzene rings is 1. The Morgan fingerprint density at radius 2 is 2.11 bits per heavy atom. The number of hydrogen-bond acceptors (Lipinski definition) is 2. The molecule has 0 heterocycles. The number of rotatable bonds is 6. The first-order valence-corrected chi connectivity index (χ1v) is 6.63. The molecule has 0 aromatic heterocycles. The maximum atomic E-state index is 12.1. The summed E-state index contributed by atoms with van der Waals surface area (Å²) in [7, 11) is 1.81. The van der Waals surface area contributed by atoms with E-state index in [0.29, 0.717) is 18.1 Å². The Kier molecular flexibility index (Phi) is 6.16. The lowest BCUT2D eigenvalue weighted by Crippen LogP contribution is -2.36. The molecule has 1 N–H and O–H groups in total. The standard InChI is InChI=1S/C14H21ClN2O/c1-4-16-9-11(2)14(18)17(3)10-12-7-5-6-8-13(12)15/h5-8,11,16H,4,9-10H2,1-3H3. The zero-order chi connectivity index (χ0) is 13.5. The molecule has 0 bridgehead atoms. The molecule has 0 aliphatic rings. The summed E-state index contributed by atoms with van der Waals surface area (Å²) in [6.07, 6.45) is 0. The molecule has 4 heteroatoms. The van der Waals surface area contributed by atoms with Crippen LogP contribution in [0, 0.1) is 5.92 Å². The molecule has 1 aromatic carbocycles. The maximum absolute atomic E-state index is 12.1. The summed E-state index contributed by atoms with van der Waals surface area (Å²) in [6, 6.07) is 7.61. The topological polar surface area (TPSA) is 32.3 Å². The molecule has 1 unspecified atom stereocenters. The second-order valence-corrected chi connectivity index (χ2v) is 4.90. The van der Waals surface area contributed by atoms with Gasteiger partial charge in [-0.1, -0.05) is 43.6 Å². The molecule has 0 saturated heterocycles. The van der Waals surface area contributed by atoms with E-state index in [1.807, 2.05) is 45.2 Å². The maximum Gasteiger partial charge on any atom is 0.226 e. The quantitative estimate of drug-likeness (QED) is 0.860. The van der Waals surface area contributed by atoms with Gasteiger partial charge in [0.2, 0.25) is 5.91 Å². The summed E-state index contributed by atoms with van der Waals surface area (Å²) < 4.78 is 0. The zero-order valence-corrected chi connectivity index (χ0v) is 12.0. The highest BCUT2D eigenvalue weighted by molar-refractivity contribution is 6.31. The van der Waals surface area contributed by atoms with Crippen LogP contribution in [-0.2, 0) is 11.3 Å². The van der Waals surface area contributed by atoms with Gasteiger partial charge in [0.1, 0.15) is 0 Å². The Morgan fingerprint density at radius 3 is 2.72 bits per heavy atom. The number of carbonyl (C=O) groups excluding carboxylic acids is 1. The Balaban J connectivity index is 2.57. The molecule has 0 aliphatic heterocycles. The zero-order valence-electron chi connectivity index (χ0n) is 11.2. The van der Waals surface area contributed by atoms with Crippen molar-refractivity contribution in [3.05, 3.63) is 34.9 Å². The van der Waals surface area contributed by atoms with Crippen molar-refractivity contribution in [2.45, 2.75) is 20.4 Å². The Labute approximate surface area is 114 Å². The number of nitrogens with zero attached hydrogens (tertiary/aromatic N) is 1. The van der Waals surface area contributed by atoms with E-state index in [4.69, 9.17) is 11.6 Å². The first-order valence-electron chi connectivity index (χ1n) is 6.25. The molecule has 0 spiro atoms. The predicted molar refractivity (Wildman–Crippen MR) is 75.6 cm³/mol. The predicted octanol–water partition coefficient (Wildman–Crippen LogP) is 2.54. The van der Waals surface area contributed by atoms with Gasteiger partial charge < -0.3 is 10.2 Å². The molecule has 3 nitrogen and oxygen atoms in total. The minimum absolute atomic E-state index is 0.0163. The summed E-state index contributed by atoms with van der Waals surface area (Å²) in [5.74, 6) is 0.119. The van der Waals surface area contributed by atoms with Crippen molar-refractivity contribution < 1.29 is 4.79 Å². The summed E-state index contributed by atoms with van der Waals surface area (Å²) in [4.78, 5) is 13.8. The first kappa shape index (κ1) is 15.0. The smallest absolute Gasteiger partial charge is 0.226 e. The second-order valence-electron chi connectivity index (χ2n) is 4.49. The highest BCUT2D eigenvalue weighted by Gasteiger charge is 2.17. The largest absolute Gasteiger partial charge is 0.341 e. The van der Waals surface area contributed by atoms with Crippen LogP contribution in [0.15, 0.2) is 24.3 Å². The Hall–Kier alpha value is -1.06. The minimum atomic E-state index is -0.0163. The summed E-state index contributed by atoms with van der Waals surface area (Å²) in [5, 5.41) is 3.89. The van der Waals surface area contributed by atoms with Gasteiger partial charge in [-0.05, 0) is 18.2 Å². The summed E-state index contributed by atoms with van der Waals surface area (Å²) >= 11 is 6.09. The molecule has 0 aliphatic carbocycles. The van der Waals surface area contributed by atoms with E-state index in [-0.39, 0.29) is 11.8 Å². The van der Waals surface area contributed by atoms with Crippen LogP contribution in [0.4, 0.5) is 0 Å². The second kappa shape index (κ2) is 7.39. The van der Waals surface area contributed by atoms with Crippen molar-refractivity contribution in [1.29, 1.82) is 0 Å². The van der Waals surface area contributed by atoms with E-state index >= 15 is 0 Å². The molecule has 100 valence electrons. The van der Waals surface area contributed by atoms with Gasteiger partial charge in [-0.25, -0.2) is 0 Å². The van der Waals surface area contributed by atoms with Gasteiger partial charge in [-0.3, -0.25) is 4.79 Å². The van der Waals surface area contributed by atoms with Crippen LogP contribution in [0.1, 0.15) is 19.4 Å². The number of halogens is 1. The number of nitrogens with one attached hydrogen (secondary N) is 1. The van der Waals surface area contributed by atoms with Crippen molar-refractivity contribution >= 4 is 17.5 Å².